The third kappa shape index (κ3) is 5.43. The molecule has 0 fully saturated rings. The number of amides is 1. The normalized spacial score (nSPS) is 11.0. The standard InChI is InChI=1S/C23H18BrN5O2S/c24-18-11-9-17(10-12-18)22-27-28-23(29(22)19-6-2-1-3-7-19)32-15-21(31)26-25-14-16-5-4-8-20(30)13-16/h1-14,30H,15H2,(H,26,31). The third-order valence-electron chi connectivity index (χ3n) is 4.36. The van der Waals surface area contributed by atoms with Crippen molar-refractivity contribution < 1.29 is 9.90 Å². The summed E-state index contributed by atoms with van der Waals surface area (Å²) in [6.45, 7) is 0. The van der Waals surface area contributed by atoms with Gasteiger partial charge in [-0.25, -0.2) is 5.43 Å². The number of carbonyl (C=O) groups is 1. The molecule has 4 rings (SSSR count). The molecule has 0 spiro atoms. The Hall–Kier alpha value is -3.43. The Labute approximate surface area is 197 Å². The molecule has 0 aliphatic heterocycles. The number of halogens is 1. The van der Waals surface area contributed by atoms with Crippen LogP contribution in [-0.2, 0) is 4.79 Å². The quantitative estimate of drug-likeness (QED) is 0.216. The van der Waals surface area contributed by atoms with Crippen LogP contribution in [0.4, 0.5) is 0 Å². The van der Waals surface area contributed by atoms with Crippen LogP contribution in [0, 0.1) is 0 Å². The lowest BCUT2D eigenvalue weighted by molar-refractivity contribution is -0.118. The monoisotopic (exact) mass is 507 g/mol. The van der Waals surface area contributed by atoms with Crippen LogP contribution in [0.15, 0.2) is 93.6 Å². The van der Waals surface area contributed by atoms with Crippen molar-refractivity contribution in [3.05, 3.63) is 88.9 Å². The number of benzene rings is 3. The first-order valence-corrected chi connectivity index (χ1v) is 11.4. The van der Waals surface area contributed by atoms with Crippen molar-refractivity contribution >= 4 is 39.8 Å². The second-order valence-corrected chi connectivity index (χ2v) is 8.52. The highest BCUT2D eigenvalue weighted by Crippen LogP contribution is 2.28. The summed E-state index contributed by atoms with van der Waals surface area (Å²) in [5, 5.41) is 22.7. The summed E-state index contributed by atoms with van der Waals surface area (Å²) in [5.74, 6) is 0.660. The van der Waals surface area contributed by atoms with Crippen molar-refractivity contribution in [2.45, 2.75) is 5.16 Å². The van der Waals surface area contributed by atoms with Gasteiger partial charge >= 0.3 is 0 Å². The van der Waals surface area contributed by atoms with Crippen molar-refractivity contribution in [2.24, 2.45) is 5.10 Å². The third-order valence-corrected chi connectivity index (χ3v) is 5.81. The van der Waals surface area contributed by atoms with Crippen LogP contribution >= 0.6 is 27.7 Å². The number of thioether (sulfide) groups is 1. The summed E-state index contributed by atoms with van der Waals surface area (Å²) in [5.41, 5.74) is 4.99. The molecule has 0 saturated carbocycles. The highest BCUT2D eigenvalue weighted by molar-refractivity contribution is 9.10. The number of phenols is 1. The molecule has 1 amide bonds. The molecule has 1 aromatic heterocycles. The molecule has 32 heavy (non-hydrogen) atoms. The van der Waals surface area contributed by atoms with Crippen LogP contribution in [-0.4, -0.2) is 37.7 Å². The van der Waals surface area contributed by atoms with Crippen LogP contribution in [0.2, 0.25) is 0 Å². The number of rotatable bonds is 7. The predicted octanol–water partition coefficient (Wildman–Crippen LogP) is 4.64. The molecule has 9 heteroatoms. The molecule has 2 N–H and O–H groups in total. The first kappa shape index (κ1) is 21.8. The Balaban J connectivity index is 1.49. The Morgan fingerprint density at radius 1 is 1.06 bits per heavy atom. The second kappa shape index (κ2) is 10.3. The van der Waals surface area contributed by atoms with E-state index in [0.717, 1.165) is 15.7 Å². The van der Waals surface area contributed by atoms with E-state index in [0.29, 0.717) is 16.5 Å². The number of hydrogen-bond acceptors (Lipinski definition) is 6. The van der Waals surface area contributed by atoms with Gasteiger partial charge in [0.15, 0.2) is 11.0 Å². The molecule has 0 atom stereocenters. The molecule has 0 radical (unpaired) electrons. The van der Waals surface area contributed by atoms with E-state index in [1.807, 2.05) is 59.2 Å². The number of para-hydroxylation sites is 1. The fourth-order valence-electron chi connectivity index (χ4n) is 2.91. The summed E-state index contributed by atoms with van der Waals surface area (Å²) in [6.07, 6.45) is 1.47. The lowest BCUT2D eigenvalue weighted by Crippen LogP contribution is -2.20. The van der Waals surface area contributed by atoms with Gasteiger partial charge in [-0.3, -0.25) is 9.36 Å². The summed E-state index contributed by atoms with van der Waals surface area (Å²) >= 11 is 4.72. The lowest BCUT2D eigenvalue weighted by atomic mass is 10.2. The number of hydrazone groups is 1. The van der Waals surface area contributed by atoms with Crippen molar-refractivity contribution in [2.75, 3.05) is 5.75 Å². The fourth-order valence-corrected chi connectivity index (χ4v) is 3.91. The van der Waals surface area contributed by atoms with Crippen LogP contribution in [0.1, 0.15) is 5.56 Å². The fraction of sp³-hybridized carbons (Fsp3) is 0.0435. The maximum atomic E-state index is 12.3. The van der Waals surface area contributed by atoms with E-state index in [9.17, 15) is 9.90 Å². The highest BCUT2D eigenvalue weighted by Gasteiger charge is 2.17. The number of carbonyl (C=O) groups excluding carboxylic acids is 1. The average molecular weight is 508 g/mol. The van der Waals surface area contributed by atoms with E-state index >= 15 is 0 Å². The van der Waals surface area contributed by atoms with Crippen LogP contribution in [0.3, 0.4) is 0 Å². The Kier molecular flexibility index (Phi) is 6.98. The first-order valence-electron chi connectivity index (χ1n) is 9.60. The van der Waals surface area contributed by atoms with Crippen molar-refractivity contribution in [3.8, 4) is 22.8 Å². The first-order chi connectivity index (χ1) is 15.6. The zero-order chi connectivity index (χ0) is 22.3. The van der Waals surface area contributed by atoms with Gasteiger partial charge in [0.25, 0.3) is 5.91 Å². The molecule has 0 saturated heterocycles. The van der Waals surface area contributed by atoms with E-state index < -0.39 is 0 Å². The van der Waals surface area contributed by atoms with E-state index in [2.05, 4.69) is 36.7 Å². The topological polar surface area (TPSA) is 92.4 Å². The van der Waals surface area contributed by atoms with Gasteiger partial charge in [-0.2, -0.15) is 5.10 Å². The molecule has 3 aromatic carbocycles. The lowest BCUT2D eigenvalue weighted by Gasteiger charge is -2.10. The summed E-state index contributed by atoms with van der Waals surface area (Å²) in [6, 6.07) is 24.2. The van der Waals surface area contributed by atoms with E-state index in [-0.39, 0.29) is 17.4 Å². The number of nitrogens with one attached hydrogen (secondary N) is 1. The molecule has 160 valence electrons. The molecular formula is C23H18BrN5O2S. The van der Waals surface area contributed by atoms with Crippen LogP contribution < -0.4 is 5.43 Å². The van der Waals surface area contributed by atoms with E-state index in [1.54, 1.807) is 24.3 Å². The maximum absolute atomic E-state index is 12.3. The Bertz CT molecular complexity index is 1240. The molecule has 7 nitrogen and oxygen atoms in total. The molecule has 1 heterocycles. The molecule has 4 aromatic rings. The number of aromatic hydroxyl groups is 1. The summed E-state index contributed by atoms with van der Waals surface area (Å²) < 4.78 is 2.90. The van der Waals surface area contributed by atoms with Gasteiger partial charge in [0.1, 0.15) is 5.75 Å². The Morgan fingerprint density at radius 2 is 1.84 bits per heavy atom. The van der Waals surface area contributed by atoms with Crippen molar-refractivity contribution in [1.82, 2.24) is 20.2 Å². The number of aromatic nitrogens is 3. The SMILES string of the molecule is O=C(CSc1nnc(-c2ccc(Br)cc2)n1-c1ccccc1)NN=Cc1cccc(O)c1. The van der Waals surface area contributed by atoms with Gasteiger partial charge in [-0.1, -0.05) is 70.2 Å². The minimum absolute atomic E-state index is 0.114. The molecular weight excluding hydrogens is 490 g/mol. The van der Waals surface area contributed by atoms with Gasteiger partial charge in [0.2, 0.25) is 0 Å². The minimum atomic E-state index is -0.279. The van der Waals surface area contributed by atoms with Gasteiger partial charge in [-0.05, 0) is 42.0 Å². The number of nitrogens with zero attached hydrogens (tertiary/aromatic N) is 4. The van der Waals surface area contributed by atoms with Crippen molar-refractivity contribution in [1.29, 1.82) is 0 Å². The zero-order valence-electron chi connectivity index (χ0n) is 16.7. The Morgan fingerprint density at radius 3 is 2.59 bits per heavy atom. The van der Waals surface area contributed by atoms with E-state index in [1.165, 1.54) is 18.0 Å². The smallest absolute Gasteiger partial charge is 0.250 e. The molecule has 0 unspecified atom stereocenters. The number of hydrogen-bond donors (Lipinski definition) is 2. The highest BCUT2D eigenvalue weighted by atomic mass is 79.9. The van der Waals surface area contributed by atoms with Crippen molar-refractivity contribution in [3.63, 3.8) is 0 Å². The minimum Gasteiger partial charge on any atom is -0.508 e. The largest absolute Gasteiger partial charge is 0.508 e. The predicted molar refractivity (Wildman–Crippen MR) is 129 cm³/mol. The van der Waals surface area contributed by atoms with E-state index in [4.69, 9.17) is 0 Å². The van der Waals surface area contributed by atoms with Crippen LogP contribution in [0.25, 0.3) is 17.1 Å². The average Bonchev–Trinajstić information content (AvgIpc) is 3.23. The summed E-state index contributed by atoms with van der Waals surface area (Å²) in [4.78, 5) is 12.3. The molecule has 0 aliphatic rings. The molecule has 0 bridgehead atoms. The van der Waals surface area contributed by atoms with Gasteiger partial charge in [-0.15, -0.1) is 10.2 Å². The maximum Gasteiger partial charge on any atom is 0.250 e. The summed E-state index contributed by atoms with van der Waals surface area (Å²) in [7, 11) is 0. The second-order valence-electron chi connectivity index (χ2n) is 6.66. The molecule has 0 aliphatic carbocycles. The zero-order valence-corrected chi connectivity index (χ0v) is 19.1. The van der Waals surface area contributed by atoms with Gasteiger partial charge in [0.05, 0.1) is 12.0 Å². The van der Waals surface area contributed by atoms with Gasteiger partial charge < -0.3 is 5.11 Å². The number of phenolic OH excluding ortho intramolecular Hbond substituents is 1. The van der Waals surface area contributed by atoms with Crippen LogP contribution in [0.5, 0.6) is 5.75 Å². The van der Waals surface area contributed by atoms with Gasteiger partial charge in [0, 0.05) is 15.7 Å².